The molecule has 3 heteroatoms. The molecule has 1 spiro atoms. The number of Topliss-reactive ketones (excluding diaryl/α,β-unsaturated/α-hetero) is 1. The van der Waals surface area contributed by atoms with Crippen LogP contribution >= 0.6 is 0 Å². The Bertz CT molecular complexity index is 1860. The molecule has 0 saturated heterocycles. The fourth-order valence-electron chi connectivity index (χ4n) is 7.47. The molecule has 5 aromatic rings. The maximum absolute atomic E-state index is 15.1. The van der Waals surface area contributed by atoms with Crippen LogP contribution in [0.4, 0.5) is 10.1 Å². The average molecular weight is 562 g/mol. The van der Waals surface area contributed by atoms with Gasteiger partial charge in [0, 0.05) is 23.7 Å². The summed E-state index contributed by atoms with van der Waals surface area (Å²) in [7, 11) is 2.10. The number of anilines is 1. The van der Waals surface area contributed by atoms with E-state index >= 15 is 4.79 Å². The van der Waals surface area contributed by atoms with E-state index in [0.29, 0.717) is 5.56 Å². The number of likely N-dealkylation sites (N-methyl/N-ethyl adjacent to an activating group) is 1. The van der Waals surface area contributed by atoms with Crippen molar-refractivity contribution in [2.24, 2.45) is 5.92 Å². The molecule has 2 nitrogen and oxygen atoms in total. The first kappa shape index (κ1) is 26.9. The van der Waals surface area contributed by atoms with Gasteiger partial charge in [0.1, 0.15) is 5.82 Å². The van der Waals surface area contributed by atoms with E-state index in [-0.39, 0.29) is 11.6 Å². The predicted octanol–water partition coefficient (Wildman–Crippen LogP) is 9.00. The first-order valence-electron chi connectivity index (χ1n) is 14.7. The molecule has 2 aliphatic rings. The highest BCUT2D eigenvalue weighted by Gasteiger charge is 2.64. The fraction of sp³-hybridized carbons (Fsp3) is 0.125. The lowest BCUT2D eigenvalue weighted by Gasteiger charge is -2.53. The molecule has 43 heavy (non-hydrogen) atoms. The van der Waals surface area contributed by atoms with Gasteiger partial charge in [0.15, 0.2) is 5.78 Å². The first-order valence-corrected chi connectivity index (χ1v) is 14.7. The van der Waals surface area contributed by atoms with Crippen molar-refractivity contribution in [1.29, 1.82) is 0 Å². The number of hydrogen-bond acceptors (Lipinski definition) is 2. The molecule has 7 rings (SSSR count). The van der Waals surface area contributed by atoms with Crippen molar-refractivity contribution in [1.82, 2.24) is 0 Å². The summed E-state index contributed by atoms with van der Waals surface area (Å²) in [6.07, 6.45) is 4.51. The van der Waals surface area contributed by atoms with Gasteiger partial charge in [-0.15, -0.1) is 0 Å². The van der Waals surface area contributed by atoms with Crippen LogP contribution in [0.5, 0.6) is 0 Å². The Morgan fingerprint density at radius 2 is 1.26 bits per heavy atom. The van der Waals surface area contributed by atoms with Crippen LogP contribution in [0, 0.1) is 11.7 Å². The summed E-state index contributed by atoms with van der Waals surface area (Å²) < 4.78 is 14.4. The Balaban J connectivity index is 1.62. The summed E-state index contributed by atoms with van der Waals surface area (Å²) >= 11 is 0. The van der Waals surface area contributed by atoms with Gasteiger partial charge in [-0.25, -0.2) is 4.39 Å². The standard InChI is InChI=1S/C40H32FNO/c1-39(32-22-24-33(41)25-23-32)35-20-12-13-21-36(35)42(2)40(39)27-31(28-14-6-3-7-15-28)26-34(29-16-8-4-9-17-29)37(40)38(43)30-18-10-5-11-19-30/h3-27,37H,1-2H3. The molecular formula is C40H32FNO. The lowest BCUT2D eigenvalue weighted by Crippen LogP contribution is -2.62. The van der Waals surface area contributed by atoms with E-state index < -0.39 is 16.9 Å². The molecule has 0 saturated carbocycles. The van der Waals surface area contributed by atoms with E-state index in [1.54, 1.807) is 0 Å². The summed E-state index contributed by atoms with van der Waals surface area (Å²) in [4.78, 5) is 17.4. The highest BCUT2D eigenvalue weighted by Crippen LogP contribution is 2.62. The normalized spacial score (nSPS) is 22.6. The van der Waals surface area contributed by atoms with Gasteiger partial charge in [-0.1, -0.05) is 121 Å². The van der Waals surface area contributed by atoms with Crippen LogP contribution in [0.1, 0.15) is 39.5 Å². The van der Waals surface area contributed by atoms with Crippen LogP contribution in [-0.4, -0.2) is 18.4 Å². The number of halogens is 1. The third kappa shape index (κ3) is 4.03. The Labute approximate surface area is 252 Å². The van der Waals surface area contributed by atoms with Crippen LogP contribution in [0.25, 0.3) is 11.1 Å². The van der Waals surface area contributed by atoms with Crippen LogP contribution in [0.3, 0.4) is 0 Å². The summed E-state index contributed by atoms with van der Waals surface area (Å²) in [6, 6.07) is 45.4. The highest BCUT2D eigenvalue weighted by molar-refractivity contribution is 6.10. The molecule has 210 valence electrons. The van der Waals surface area contributed by atoms with Crippen LogP contribution in [-0.2, 0) is 5.41 Å². The molecule has 0 amide bonds. The van der Waals surface area contributed by atoms with Gasteiger partial charge < -0.3 is 4.90 Å². The Kier molecular flexibility index (Phi) is 6.47. The quantitative estimate of drug-likeness (QED) is 0.200. The minimum atomic E-state index is -0.882. The number of benzene rings is 5. The van der Waals surface area contributed by atoms with Crippen LogP contribution in [0.2, 0.25) is 0 Å². The molecule has 1 aliphatic carbocycles. The summed E-state index contributed by atoms with van der Waals surface area (Å²) in [6.45, 7) is 2.22. The number of rotatable bonds is 5. The summed E-state index contributed by atoms with van der Waals surface area (Å²) in [5.41, 5.74) is 6.25. The van der Waals surface area contributed by atoms with Gasteiger partial charge in [-0.3, -0.25) is 4.79 Å². The molecular weight excluding hydrogens is 529 g/mol. The molecule has 5 aromatic carbocycles. The second kappa shape index (κ2) is 10.4. The number of allylic oxidation sites excluding steroid dienone is 2. The largest absolute Gasteiger partial charge is 0.363 e. The average Bonchev–Trinajstić information content (AvgIpc) is 3.25. The Hall–Kier alpha value is -5.02. The minimum Gasteiger partial charge on any atom is -0.363 e. The van der Waals surface area contributed by atoms with Crippen molar-refractivity contribution in [2.75, 3.05) is 11.9 Å². The maximum atomic E-state index is 15.1. The van der Waals surface area contributed by atoms with Gasteiger partial charge in [0.05, 0.1) is 11.5 Å². The Morgan fingerprint density at radius 3 is 1.91 bits per heavy atom. The molecule has 3 atom stereocenters. The molecule has 0 bridgehead atoms. The first-order chi connectivity index (χ1) is 20.9. The van der Waals surface area contributed by atoms with Crippen LogP contribution < -0.4 is 4.90 Å². The molecule has 1 aliphatic heterocycles. The van der Waals surface area contributed by atoms with Crippen molar-refractivity contribution < 1.29 is 9.18 Å². The zero-order chi connectivity index (χ0) is 29.6. The third-order valence-corrected chi connectivity index (χ3v) is 9.55. The van der Waals surface area contributed by atoms with Crippen LogP contribution in [0.15, 0.2) is 152 Å². The molecule has 1 heterocycles. The number of hydrogen-bond donors (Lipinski definition) is 0. The molecule has 0 aromatic heterocycles. The minimum absolute atomic E-state index is 0.0482. The zero-order valence-electron chi connectivity index (χ0n) is 24.2. The molecule has 0 N–H and O–H groups in total. The smallest absolute Gasteiger partial charge is 0.173 e. The second-order valence-corrected chi connectivity index (χ2v) is 11.6. The topological polar surface area (TPSA) is 20.3 Å². The summed E-state index contributed by atoms with van der Waals surface area (Å²) in [5, 5.41) is 0. The third-order valence-electron chi connectivity index (χ3n) is 9.55. The lowest BCUT2D eigenvalue weighted by atomic mass is 9.54. The predicted molar refractivity (Wildman–Crippen MR) is 174 cm³/mol. The van der Waals surface area contributed by atoms with E-state index in [1.807, 2.05) is 84.9 Å². The van der Waals surface area contributed by atoms with Gasteiger partial charge in [-0.05, 0) is 70.7 Å². The van der Waals surface area contributed by atoms with Gasteiger partial charge in [0.25, 0.3) is 0 Å². The SMILES string of the molecule is CN1c2ccccc2C(C)(c2ccc(F)cc2)C12C=C(c1ccccc1)C=C(c1ccccc1)C2C(=O)c1ccccc1. The van der Waals surface area contributed by atoms with E-state index in [2.05, 4.69) is 73.5 Å². The second-order valence-electron chi connectivity index (χ2n) is 11.6. The summed E-state index contributed by atoms with van der Waals surface area (Å²) in [5.74, 6) is -0.823. The van der Waals surface area contributed by atoms with Crippen molar-refractivity contribution in [3.05, 3.63) is 185 Å². The molecule has 0 radical (unpaired) electrons. The fourth-order valence-corrected chi connectivity index (χ4v) is 7.47. The van der Waals surface area contributed by atoms with E-state index in [0.717, 1.165) is 39.1 Å². The number of fused-ring (bicyclic) bond motifs is 1. The van der Waals surface area contributed by atoms with Crippen molar-refractivity contribution in [3.63, 3.8) is 0 Å². The van der Waals surface area contributed by atoms with E-state index in [9.17, 15) is 4.39 Å². The maximum Gasteiger partial charge on any atom is 0.173 e. The number of carbonyl (C=O) groups is 1. The zero-order valence-corrected chi connectivity index (χ0v) is 24.2. The lowest BCUT2D eigenvalue weighted by molar-refractivity contribution is 0.0892. The number of nitrogens with zero attached hydrogens (tertiary/aromatic N) is 1. The van der Waals surface area contributed by atoms with Crippen molar-refractivity contribution in [3.8, 4) is 0 Å². The van der Waals surface area contributed by atoms with Gasteiger partial charge in [-0.2, -0.15) is 0 Å². The van der Waals surface area contributed by atoms with Crippen molar-refractivity contribution >= 4 is 22.6 Å². The molecule has 0 fully saturated rings. The van der Waals surface area contributed by atoms with Gasteiger partial charge >= 0.3 is 0 Å². The highest BCUT2D eigenvalue weighted by atomic mass is 19.1. The number of ketones is 1. The molecule has 3 unspecified atom stereocenters. The number of carbonyl (C=O) groups excluding carboxylic acids is 1. The van der Waals surface area contributed by atoms with E-state index in [1.165, 1.54) is 12.1 Å². The Morgan fingerprint density at radius 1 is 0.698 bits per heavy atom. The van der Waals surface area contributed by atoms with Crippen molar-refractivity contribution in [2.45, 2.75) is 17.9 Å². The van der Waals surface area contributed by atoms with Gasteiger partial charge in [0.2, 0.25) is 0 Å². The monoisotopic (exact) mass is 561 g/mol. The number of para-hydroxylation sites is 1. The van der Waals surface area contributed by atoms with E-state index in [4.69, 9.17) is 0 Å².